The Morgan fingerprint density at radius 2 is 1.68 bits per heavy atom. The Kier molecular flexibility index (Phi) is 6.75. The monoisotopic (exact) mass is 429 g/mol. The van der Waals surface area contributed by atoms with Crippen molar-refractivity contribution in [3.05, 3.63) is 102 Å². The molecule has 31 heavy (non-hydrogen) atoms. The highest BCUT2D eigenvalue weighted by Crippen LogP contribution is 2.40. The number of ether oxygens (including phenoxy) is 2. The number of rotatable bonds is 7. The van der Waals surface area contributed by atoms with E-state index in [-0.39, 0.29) is 12.5 Å². The van der Waals surface area contributed by atoms with Crippen molar-refractivity contribution < 1.29 is 14.3 Å². The van der Waals surface area contributed by atoms with Gasteiger partial charge in [0.2, 0.25) is 5.91 Å². The van der Waals surface area contributed by atoms with Gasteiger partial charge in [-0.25, -0.2) is 0 Å². The molecule has 0 radical (unpaired) electrons. The maximum Gasteiger partial charge on any atom is 0.217 e. The summed E-state index contributed by atoms with van der Waals surface area (Å²) in [4.78, 5) is 12.5. The summed E-state index contributed by atoms with van der Waals surface area (Å²) >= 11 is 1.72. The van der Waals surface area contributed by atoms with Gasteiger partial charge in [-0.1, -0.05) is 72.8 Å². The molecule has 0 fully saturated rings. The summed E-state index contributed by atoms with van der Waals surface area (Å²) in [6.45, 7) is 1.74. The lowest BCUT2D eigenvalue weighted by molar-refractivity contribution is -0.118. The van der Waals surface area contributed by atoms with Crippen molar-refractivity contribution in [2.75, 3.05) is 12.3 Å². The highest BCUT2D eigenvalue weighted by molar-refractivity contribution is 7.99. The quantitative estimate of drug-likeness (QED) is 0.485. The second kappa shape index (κ2) is 10.0. The molecule has 3 aromatic carbocycles. The maximum atomic E-state index is 11.4. The van der Waals surface area contributed by atoms with Crippen LogP contribution in [0.2, 0.25) is 0 Å². The van der Waals surface area contributed by atoms with Gasteiger partial charge in [-0.05, 0) is 23.8 Å². The molecule has 1 amide bonds. The molecule has 4 rings (SSSR count). The first-order chi connectivity index (χ1) is 15.2. The van der Waals surface area contributed by atoms with E-state index in [9.17, 15) is 4.79 Å². The van der Waals surface area contributed by atoms with E-state index in [1.165, 1.54) is 12.5 Å². The number of benzene rings is 3. The molecule has 0 aromatic heterocycles. The number of carbonyl (C=O) groups excluding carboxylic acids is 1. The summed E-state index contributed by atoms with van der Waals surface area (Å²) in [6.07, 6.45) is 4.26. The summed E-state index contributed by atoms with van der Waals surface area (Å²) in [5.74, 6) is 3.24. The third kappa shape index (κ3) is 5.58. The minimum atomic E-state index is -0.121. The van der Waals surface area contributed by atoms with Crippen LogP contribution >= 0.6 is 11.8 Å². The molecule has 1 aliphatic heterocycles. The Balaban J connectivity index is 1.49. The minimum absolute atomic E-state index is 0.121. The van der Waals surface area contributed by atoms with Crippen LogP contribution in [-0.2, 0) is 4.79 Å². The number of amides is 1. The molecule has 0 unspecified atom stereocenters. The Morgan fingerprint density at radius 1 is 0.935 bits per heavy atom. The number of hydrogen-bond donors (Lipinski definition) is 1. The standard InChI is InChI=1S/C26H23NO3S/c1-19(28)27-18-25-26(21-12-6-3-7-13-21)30-23-15-14-22(17-24(23)29-25)31-16-8-11-20-9-4-2-5-10-20/h2-15,17H,16,18H2,1H3,(H,27,28). The zero-order chi connectivity index (χ0) is 21.5. The molecule has 1 heterocycles. The smallest absolute Gasteiger partial charge is 0.217 e. The summed E-state index contributed by atoms with van der Waals surface area (Å²) < 4.78 is 12.4. The largest absolute Gasteiger partial charge is 0.452 e. The average Bonchev–Trinajstić information content (AvgIpc) is 2.81. The fraction of sp³-hybridized carbons (Fsp3) is 0.115. The van der Waals surface area contributed by atoms with E-state index in [1.54, 1.807) is 11.8 Å². The van der Waals surface area contributed by atoms with Crippen LogP contribution in [0.5, 0.6) is 11.5 Å². The number of thioether (sulfide) groups is 1. The highest BCUT2D eigenvalue weighted by Gasteiger charge is 2.23. The topological polar surface area (TPSA) is 47.6 Å². The molecule has 0 atom stereocenters. The van der Waals surface area contributed by atoms with Crippen molar-refractivity contribution in [3.8, 4) is 11.5 Å². The van der Waals surface area contributed by atoms with Crippen LogP contribution in [0, 0.1) is 0 Å². The second-order valence-electron chi connectivity index (χ2n) is 6.96. The van der Waals surface area contributed by atoms with Crippen molar-refractivity contribution in [1.29, 1.82) is 0 Å². The number of carbonyl (C=O) groups is 1. The van der Waals surface area contributed by atoms with Gasteiger partial charge in [0.15, 0.2) is 23.0 Å². The molecular weight excluding hydrogens is 406 g/mol. The highest BCUT2D eigenvalue weighted by atomic mass is 32.2. The van der Waals surface area contributed by atoms with E-state index in [0.29, 0.717) is 23.0 Å². The molecule has 0 saturated carbocycles. The van der Waals surface area contributed by atoms with E-state index in [4.69, 9.17) is 9.47 Å². The van der Waals surface area contributed by atoms with Gasteiger partial charge in [-0.2, -0.15) is 0 Å². The third-order valence-electron chi connectivity index (χ3n) is 4.60. The fourth-order valence-corrected chi connectivity index (χ4v) is 3.85. The van der Waals surface area contributed by atoms with Gasteiger partial charge in [0.05, 0.1) is 6.54 Å². The minimum Gasteiger partial charge on any atom is -0.452 e. The van der Waals surface area contributed by atoms with Gasteiger partial charge in [0.25, 0.3) is 0 Å². The molecule has 0 bridgehead atoms. The second-order valence-corrected chi connectivity index (χ2v) is 8.06. The van der Waals surface area contributed by atoms with Crippen LogP contribution in [0.25, 0.3) is 11.8 Å². The Labute approximate surface area is 186 Å². The van der Waals surface area contributed by atoms with Gasteiger partial charge < -0.3 is 14.8 Å². The first-order valence-corrected chi connectivity index (χ1v) is 11.0. The van der Waals surface area contributed by atoms with Gasteiger partial charge >= 0.3 is 0 Å². The van der Waals surface area contributed by atoms with Gasteiger partial charge in [0.1, 0.15) is 0 Å². The molecule has 0 aliphatic carbocycles. The molecule has 3 aromatic rings. The van der Waals surface area contributed by atoms with E-state index in [2.05, 4.69) is 29.6 Å². The van der Waals surface area contributed by atoms with Gasteiger partial charge in [-0.15, -0.1) is 11.8 Å². The average molecular weight is 430 g/mol. The van der Waals surface area contributed by atoms with Crippen molar-refractivity contribution in [3.63, 3.8) is 0 Å². The molecule has 1 N–H and O–H groups in total. The fourth-order valence-electron chi connectivity index (χ4n) is 3.11. The predicted molar refractivity (Wildman–Crippen MR) is 126 cm³/mol. The van der Waals surface area contributed by atoms with Crippen molar-refractivity contribution in [1.82, 2.24) is 5.32 Å². The molecule has 1 aliphatic rings. The van der Waals surface area contributed by atoms with Crippen LogP contribution in [0.15, 0.2) is 95.6 Å². The Morgan fingerprint density at radius 3 is 2.42 bits per heavy atom. The lowest BCUT2D eigenvalue weighted by Crippen LogP contribution is -2.27. The first kappa shape index (κ1) is 20.8. The third-order valence-corrected chi connectivity index (χ3v) is 5.55. The predicted octanol–water partition coefficient (Wildman–Crippen LogP) is 5.77. The summed E-state index contributed by atoms with van der Waals surface area (Å²) in [5, 5.41) is 2.80. The number of nitrogens with one attached hydrogen (secondary N) is 1. The normalized spacial score (nSPS) is 12.8. The molecule has 156 valence electrons. The molecule has 0 saturated heterocycles. The zero-order valence-electron chi connectivity index (χ0n) is 17.2. The number of fused-ring (bicyclic) bond motifs is 1. The maximum absolute atomic E-state index is 11.4. The molecular formula is C26H23NO3S. The first-order valence-electron chi connectivity index (χ1n) is 10.1. The Hall–Kier alpha value is -3.44. The van der Waals surface area contributed by atoms with Crippen molar-refractivity contribution in [2.24, 2.45) is 0 Å². The van der Waals surface area contributed by atoms with Crippen LogP contribution in [0.1, 0.15) is 18.1 Å². The van der Waals surface area contributed by atoms with Crippen molar-refractivity contribution in [2.45, 2.75) is 11.8 Å². The SMILES string of the molecule is CC(=O)NCC1=C(c2ccccc2)Oc2ccc(SCC=Cc3ccccc3)cc2O1. The lowest BCUT2D eigenvalue weighted by atomic mass is 10.1. The summed E-state index contributed by atoms with van der Waals surface area (Å²) in [6, 6.07) is 25.9. The van der Waals surface area contributed by atoms with E-state index in [0.717, 1.165) is 16.2 Å². The summed E-state index contributed by atoms with van der Waals surface area (Å²) in [7, 11) is 0. The zero-order valence-corrected chi connectivity index (χ0v) is 18.0. The van der Waals surface area contributed by atoms with E-state index >= 15 is 0 Å². The molecule has 4 nitrogen and oxygen atoms in total. The molecule has 5 heteroatoms. The van der Waals surface area contributed by atoms with Crippen molar-refractivity contribution >= 4 is 29.5 Å². The van der Waals surface area contributed by atoms with Gasteiger partial charge in [0, 0.05) is 23.1 Å². The number of hydrogen-bond acceptors (Lipinski definition) is 4. The van der Waals surface area contributed by atoms with Crippen LogP contribution in [0.3, 0.4) is 0 Å². The van der Waals surface area contributed by atoms with E-state index < -0.39 is 0 Å². The van der Waals surface area contributed by atoms with Crippen LogP contribution in [-0.4, -0.2) is 18.2 Å². The molecule has 0 spiro atoms. The van der Waals surface area contributed by atoms with Crippen LogP contribution in [0.4, 0.5) is 0 Å². The van der Waals surface area contributed by atoms with Crippen LogP contribution < -0.4 is 14.8 Å². The van der Waals surface area contributed by atoms with Gasteiger partial charge in [-0.3, -0.25) is 4.79 Å². The lowest BCUT2D eigenvalue weighted by Gasteiger charge is -2.24. The van der Waals surface area contributed by atoms with E-state index in [1.807, 2.05) is 66.7 Å². The Bertz CT molecular complexity index is 1110. The summed E-state index contributed by atoms with van der Waals surface area (Å²) in [5.41, 5.74) is 2.09.